The number of amides is 1. The summed E-state index contributed by atoms with van der Waals surface area (Å²) in [6, 6.07) is 8.10. The maximum absolute atomic E-state index is 12.0. The minimum absolute atomic E-state index is 0.0620. The minimum Gasteiger partial charge on any atom is -0.396 e. The van der Waals surface area contributed by atoms with Crippen molar-refractivity contribution in [3.05, 3.63) is 29.8 Å². The summed E-state index contributed by atoms with van der Waals surface area (Å²) in [4.78, 5) is 14.4. The van der Waals surface area contributed by atoms with Crippen LogP contribution in [0, 0.1) is 5.92 Å². The fourth-order valence-electron chi connectivity index (χ4n) is 3.09. The molecule has 1 amide bonds. The molecule has 0 aliphatic carbocycles. The van der Waals surface area contributed by atoms with Gasteiger partial charge in [0.25, 0.3) is 0 Å². The molecule has 0 aromatic heterocycles. The van der Waals surface area contributed by atoms with E-state index >= 15 is 0 Å². The van der Waals surface area contributed by atoms with Gasteiger partial charge in [-0.3, -0.25) is 9.69 Å². The number of methoxy groups -OCH3 is 1. The summed E-state index contributed by atoms with van der Waals surface area (Å²) in [5.41, 5.74) is 2.09. The van der Waals surface area contributed by atoms with E-state index in [2.05, 4.69) is 22.3 Å². The first-order valence-corrected chi connectivity index (χ1v) is 8.92. The fourth-order valence-corrected chi connectivity index (χ4v) is 3.09. The molecule has 0 saturated carbocycles. The largest absolute Gasteiger partial charge is 0.396 e. The highest BCUT2D eigenvalue weighted by Crippen LogP contribution is 2.19. The third-order valence-corrected chi connectivity index (χ3v) is 4.58. The van der Waals surface area contributed by atoms with Gasteiger partial charge in [0.2, 0.25) is 5.91 Å². The number of likely N-dealkylation sites (tertiary alicyclic amines) is 1. The van der Waals surface area contributed by atoms with Crippen LogP contribution < -0.4 is 5.32 Å². The quantitative estimate of drug-likeness (QED) is 0.682. The van der Waals surface area contributed by atoms with Crippen LogP contribution in [-0.2, 0) is 16.1 Å². The van der Waals surface area contributed by atoms with Crippen LogP contribution >= 0.6 is 0 Å². The number of rotatable bonds is 9. The highest BCUT2D eigenvalue weighted by molar-refractivity contribution is 5.90. The lowest BCUT2D eigenvalue weighted by Crippen LogP contribution is -2.34. The Balaban J connectivity index is 1.77. The summed E-state index contributed by atoms with van der Waals surface area (Å²) in [6.45, 7) is 3.97. The number of carbonyl (C=O) groups excluding carboxylic acids is 1. The van der Waals surface area contributed by atoms with Crippen molar-refractivity contribution in [2.45, 2.75) is 38.6 Å². The van der Waals surface area contributed by atoms with Crippen LogP contribution in [0.2, 0.25) is 0 Å². The number of aliphatic hydroxyl groups is 1. The van der Waals surface area contributed by atoms with Crippen LogP contribution in [0.5, 0.6) is 0 Å². The smallest absolute Gasteiger partial charge is 0.224 e. The van der Waals surface area contributed by atoms with Crippen LogP contribution in [0.4, 0.5) is 5.69 Å². The molecule has 0 unspecified atom stereocenters. The van der Waals surface area contributed by atoms with Gasteiger partial charge in [0, 0.05) is 39.0 Å². The summed E-state index contributed by atoms with van der Waals surface area (Å²) in [5.74, 6) is 0.525. The Morgan fingerprint density at radius 2 is 2.12 bits per heavy atom. The number of anilines is 1. The van der Waals surface area contributed by atoms with E-state index < -0.39 is 0 Å². The molecule has 1 aromatic carbocycles. The van der Waals surface area contributed by atoms with E-state index in [4.69, 9.17) is 4.74 Å². The normalized spacial score (nSPS) is 16.2. The van der Waals surface area contributed by atoms with Gasteiger partial charge in [-0.15, -0.1) is 0 Å². The molecule has 1 saturated heterocycles. The molecule has 1 aromatic rings. The molecule has 134 valence electrons. The zero-order valence-electron chi connectivity index (χ0n) is 14.7. The SMILES string of the molecule is COCCCCC(=O)Nc1cccc(CN2CCC(CO)CC2)c1. The number of carbonyl (C=O) groups is 1. The Labute approximate surface area is 145 Å². The topological polar surface area (TPSA) is 61.8 Å². The van der Waals surface area contributed by atoms with E-state index in [1.165, 1.54) is 5.56 Å². The maximum atomic E-state index is 12.0. The number of piperidine rings is 1. The summed E-state index contributed by atoms with van der Waals surface area (Å²) in [6.07, 6.45) is 4.41. The Morgan fingerprint density at radius 3 is 2.83 bits per heavy atom. The Hall–Kier alpha value is -1.43. The number of hydrogen-bond donors (Lipinski definition) is 2. The molecule has 1 fully saturated rings. The van der Waals surface area contributed by atoms with Gasteiger partial charge < -0.3 is 15.2 Å². The lowest BCUT2D eigenvalue weighted by atomic mass is 9.97. The van der Waals surface area contributed by atoms with Gasteiger partial charge in [-0.1, -0.05) is 12.1 Å². The number of benzene rings is 1. The molecule has 5 heteroatoms. The molecular formula is C19H30N2O3. The molecule has 0 bridgehead atoms. The average molecular weight is 334 g/mol. The van der Waals surface area contributed by atoms with Crippen LogP contribution in [-0.4, -0.2) is 49.3 Å². The molecule has 2 rings (SSSR count). The molecule has 0 atom stereocenters. The van der Waals surface area contributed by atoms with Crippen molar-refractivity contribution < 1.29 is 14.6 Å². The molecule has 2 N–H and O–H groups in total. The van der Waals surface area contributed by atoms with Gasteiger partial charge in [-0.25, -0.2) is 0 Å². The number of nitrogens with zero attached hydrogens (tertiary/aromatic N) is 1. The number of unbranched alkanes of at least 4 members (excludes halogenated alkanes) is 1. The summed E-state index contributed by atoms with van der Waals surface area (Å²) in [5, 5.41) is 12.2. The predicted octanol–water partition coefficient (Wildman–Crippen LogP) is 2.65. The number of aliphatic hydroxyl groups excluding tert-OH is 1. The first-order chi connectivity index (χ1) is 11.7. The van der Waals surface area contributed by atoms with Gasteiger partial charge in [0.1, 0.15) is 0 Å². The Bertz CT molecular complexity index is 499. The van der Waals surface area contributed by atoms with E-state index in [0.29, 0.717) is 25.6 Å². The minimum atomic E-state index is 0.0620. The summed E-state index contributed by atoms with van der Waals surface area (Å²) >= 11 is 0. The van der Waals surface area contributed by atoms with E-state index in [1.807, 2.05) is 12.1 Å². The molecular weight excluding hydrogens is 304 g/mol. The van der Waals surface area contributed by atoms with Crippen molar-refractivity contribution in [1.82, 2.24) is 4.90 Å². The van der Waals surface area contributed by atoms with Gasteiger partial charge in [0.15, 0.2) is 0 Å². The van der Waals surface area contributed by atoms with E-state index in [1.54, 1.807) is 7.11 Å². The summed E-state index contributed by atoms with van der Waals surface area (Å²) in [7, 11) is 1.68. The zero-order chi connectivity index (χ0) is 17.2. The van der Waals surface area contributed by atoms with Crippen molar-refractivity contribution in [3.63, 3.8) is 0 Å². The highest BCUT2D eigenvalue weighted by atomic mass is 16.5. The third-order valence-electron chi connectivity index (χ3n) is 4.58. The van der Waals surface area contributed by atoms with Crippen LogP contribution in [0.1, 0.15) is 37.7 Å². The van der Waals surface area contributed by atoms with Crippen molar-refractivity contribution in [2.75, 3.05) is 38.7 Å². The van der Waals surface area contributed by atoms with Gasteiger partial charge in [-0.2, -0.15) is 0 Å². The second-order valence-electron chi connectivity index (χ2n) is 6.60. The molecule has 1 aliphatic heterocycles. The first-order valence-electron chi connectivity index (χ1n) is 8.92. The average Bonchev–Trinajstić information content (AvgIpc) is 2.60. The summed E-state index contributed by atoms with van der Waals surface area (Å²) < 4.78 is 4.99. The molecule has 1 heterocycles. The molecule has 5 nitrogen and oxygen atoms in total. The Morgan fingerprint density at radius 1 is 1.33 bits per heavy atom. The van der Waals surface area contributed by atoms with E-state index in [9.17, 15) is 9.90 Å². The van der Waals surface area contributed by atoms with Crippen LogP contribution in [0.3, 0.4) is 0 Å². The number of nitrogens with one attached hydrogen (secondary N) is 1. The lowest BCUT2D eigenvalue weighted by Gasteiger charge is -2.31. The first kappa shape index (κ1) is 18.9. The lowest BCUT2D eigenvalue weighted by molar-refractivity contribution is -0.116. The molecule has 1 aliphatic rings. The van der Waals surface area contributed by atoms with Crippen molar-refractivity contribution >= 4 is 11.6 Å². The number of ether oxygens (including phenoxy) is 1. The second-order valence-corrected chi connectivity index (χ2v) is 6.60. The van der Waals surface area contributed by atoms with E-state index in [-0.39, 0.29) is 5.91 Å². The molecule has 24 heavy (non-hydrogen) atoms. The van der Waals surface area contributed by atoms with E-state index in [0.717, 1.165) is 51.0 Å². The molecule has 0 radical (unpaired) electrons. The monoisotopic (exact) mass is 334 g/mol. The van der Waals surface area contributed by atoms with Crippen LogP contribution in [0.25, 0.3) is 0 Å². The standard InChI is InChI=1S/C19H30N2O3/c1-24-12-3-2-7-19(23)20-18-6-4-5-17(13-18)14-21-10-8-16(15-22)9-11-21/h4-6,13,16,22H,2-3,7-12,14-15H2,1H3,(H,20,23). The molecule has 0 spiro atoms. The van der Waals surface area contributed by atoms with Crippen LogP contribution in [0.15, 0.2) is 24.3 Å². The predicted molar refractivity (Wildman–Crippen MR) is 95.9 cm³/mol. The fraction of sp³-hybridized carbons (Fsp3) is 0.632. The number of hydrogen-bond acceptors (Lipinski definition) is 4. The van der Waals surface area contributed by atoms with Crippen molar-refractivity contribution in [2.24, 2.45) is 5.92 Å². The third kappa shape index (κ3) is 6.59. The van der Waals surface area contributed by atoms with Gasteiger partial charge >= 0.3 is 0 Å². The zero-order valence-corrected chi connectivity index (χ0v) is 14.7. The highest BCUT2D eigenvalue weighted by Gasteiger charge is 2.18. The Kier molecular flexibility index (Phi) is 8.22. The van der Waals surface area contributed by atoms with Crippen molar-refractivity contribution in [3.8, 4) is 0 Å². The van der Waals surface area contributed by atoms with Gasteiger partial charge in [0.05, 0.1) is 0 Å². The van der Waals surface area contributed by atoms with Gasteiger partial charge in [-0.05, 0) is 62.4 Å². The second kappa shape index (κ2) is 10.4. The maximum Gasteiger partial charge on any atom is 0.224 e. The van der Waals surface area contributed by atoms with Crippen molar-refractivity contribution in [1.29, 1.82) is 0 Å².